The van der Waals surface area contributed by atoms with Gasteiger partial charge < -0.3 is 15.3 Å². The predicted octanol–water partition coefficient (Wildman–Crippen LogP) is 2.38. The summed E-state index contributed by atoms with van der Waals surface area (Å²) in [5.41, 5.74) is -0.709. The molecule has 1 aromatic heterocycles. The number of nitrogens with zero attached hydrogens (tertiary/aromatic N) is 2. The zero-order chi connectivity index (χ0) is 16.6. The van der Waals surface area contributed by atoms with E-state index < -0.39 is 17.2 Å². The molecule has 2 aliphatic rings. The van der Waals surface area contributed by atoms with E-state index in [1.54, 1.807) is 0 Å². The molecule has 0 amide bonds. The Morgan fingerprint density at radius 3 is 2.35 bits per heavy atom. The number of aromatic hydroxyl groups is 2. The van der Waals surface area contributed by atoms with Crippen LogP contribution in [0, 0.1) is 10.8 Å². The van der Waals surface area contributed by atoms with Gasteiger partial charge in [0.05, 0.1) is 11.5 Å². The maximum Gasteiger partial charge on any atom is 0.218 e. The molecule has 0 saturated heterocycles. The minimum atomic E-state index is -0.878. The quantitative estimate of drug-likeness (QED) is 0.620. The molecule has 0 radical (unpaired) electrons. The van der Waals surface area contributed by atoms with Crippen LogP contribution in [-0.4, -0.2) is 36.8 Å². The number of nitrogens with one attached hydrogen (secondary N) is 1. The van der Waals surface area contributed by atoms with Gasteiger partial charge >= 0.3 is 0 Å². The number of allylic oxidation sites excluding steroid dienone is 2. The number of aromatic nitrogens is 2. The summed E-state index contributed by atoms with van der Waals surface area (Å²) in [6, 6.07) is 0.970. The number of ketones is 1. The Morgan fingerprint density at radius 2 is 1.70 bits per heavy atom. The smallest absolute Gasteiger partial charge is 0.218 e. The van der Waals surface area contributed by atoms with Gasteiger partial charge in [-0.05, 0) is 32.1 Å². The third kappa shape index (κ3) is 2.56. The second-order valence-corrected chi connectivity index (χ2v) is 6.18. The third-order valence-corrected chi connectivity index (χ3v) is 4.79. The highest BCUT2D eigenvalue weighted by molar-refractivity contribution is 6.09. The third-order valence-electron chi connectivity index (χ3n) is 4.79. The maximum absolute atomic E-state index is 12.4. The molecule has 0 aliphatic heterocycles. The molecule has 1 spiro atoms. The Labute approximate surface area is 133 Å². The van der Waals surface area contributed by atoms with Gasteiger partial charge in [-0.1, -0.05) is 6.42 Å². The molecule has 1 heterocycles. The monoisotopic (exact) mass is 317 g/mol. The summed E-state index contributed by atoms with van der Waals surface area (Å²) in [6.45, 7) is 0. The lowest BCUT2D eigenvalue weighted by molar-refractivity contribution is -0.131. The normalized spacial score (nSPS) is 25.0. The van der Waals surface area contributed by atoms with E-state index in [9.17, 15) is 20.1 Å². The Bertz CT molecular complexity index is 693. The van der Waals surface area contributed by atoms with Crippen LogP contribution in [0.5, 0.6) is 11.8 Å². The number of aliphatic hydroxyl groups excluding tert-OH is 1. The summed E-state index contributed by atoms with van der Waals surface area (Å²) in [5.74, 6) is -1.08. The van der Waals surface area contributed by atoms with Crippen molar-refractivity contribution in [1.82, 2.24) is 9.97 Å². The lowest BCUT2D eigenvalue weighted by Crippen LogP contribution is -2.39. The molecule has 0 aromatic carbocycles. The standard InChI is InChI=1S/C16H19N3O4/c17-13(15-18-11(21)8-12(22)19-15)9-4-3-7-16(14(9)23)6-2-1-5-10(16)20/h8,17,23H,1-7H2,(H2,18,19,21,22)/t16-/m1/s1. The number of hydrogen-bond acceptors (Lipinski definition) is 7. The Kier molecular flexibility index (Phi) is 3.79. The van der Waals surface area contributed by atoms with Crippen LogP contribution in [0.2, 0.25) is 0 Å². The molecule has 7 heteroatoms. The zero-order valence-electron chi connectivity index (χ0n) is 12.7. The lowest BCUT2D eigenvalue weighted by Gasteiger charge is -2.39. The first-order chi connectivity index (χ1) is 10.9. The minimum Gasteiger partial charge on any atom is -0.511 e. The van der Waals surface area contributed by atoms with Gasteiger partial charge in [-0.15, -0.1) is 0 Å². The molecule has 3 rings (SSSR count). The minimum absolute atomic E-state index is 0.0333. The molecule has 1 fully saturated rings. The fourth-order valence-electron chi connectivity index (χ4n) is 3.61. The average molecular weight is 317 g/mol. The largest absolute Gasteiger partial charge is 0.511 e. The van der Waals surface area contributed by atoms with Crippen LogP contribution in [0.15, 0.2) is 17.4 Å². The van der Waals surface area contributed by atoms with Gasteiger partial charge in [-0.2, -0.15) is 9.97 Å². The number of aliphatic hydroxyl groups is 1. The van der Waals surface area contributed by atoms with Crippen molar-refractivity contribution in [2.45, 2.75) is 44.9 Å². The van der Waals surface area contributed by atoms with Crippen LogP contribution in [0.25, 0.3) is 0 Å². The summed E-state index contributed by atoms with van der Waals surface area (Å²) < 4.78 is 0. The topological polar surface area (TPSA) is 127 Å². The van der Waals surface area contributed by atoms with Gasteiger partial charge in [0.1, 0.15) is 17.3 Å². The molecular weight excluding hydrogens is 298 g/mol. The summed E-state index contributed by atoms with van der Waals surface area (Å²) in [6.07, 6.45) is 4.50. The highest BCUT2D eigenvalue weighted by atomic mass is 16.3. The van der Waals surface area contributed by atoms with Crippen molar-refractivity contribution in [3.8, 4) is 11.8 Å². The van der Waals surface area contributed by atoms with Crippen molar-refractivity contribution in [2.24, 2.45) is 5.41 Å². The van der Waals surface area contributed by atoms with Gasteiger partial charge in [-0.25, -0.2) is 0 Å². The Morgan fingerprint density at radius 1 is 1.04 bits per heavy atom. The molecule has 122 valence electrons. The van der Waals surface area contributed by atoms with E-state index in [1.165, 1.54) is 0 Å². The van der Waals surface area contributed by atoms with E-state index in [2.05, 4.69) is 9.97 Å². The van der Waals surface area contributed by atoms with Crippen molar-refractivity contribution in [3.63, 3.8) is 0 Å². The molecule has 2 aliphatic carbocycles. The van der Waals surface area contributed by atoms with E-state index >= 15 is 0 Å². The second kappa shape index (κ2) is 5.64. The molecule has 4 N–H and O–H groups in total. The van der Waals surface area contributed by atoms with E-state index in [0.29, 0.717) is 37.7 Å². The van der Waals surface area contributed by atoms with Gasteiger partial charge in [0, 0.05) is 12.0 Å². The van der Waals surface area contributed by atoms with Crippen LogP contribution in [0.1, 0.15) is 50.8 Å². The lowest BCUT2D eigenvalue weighted by atomic mass is 9.64. The number of Topliss-reactive ketones (excluding diaryl/α,β-unsaturated/α-hetero) is 1. The molecule has 23 heavy (non-hydrogen) atoms. The first-order valence-electron chi connectivity index (χ1n) is 7.76. The number of rotatable bonds is 2. The van der Waals surface area contributed by atoms with Crippen LogP contribution >= 0.6 is 0 Å². The molecule has 1 atom stereocenters. The fourth-order valence-corrected chi connectivity index (χ4v) is 3.61. The van der Waals surface area contributed by atoms with E-state index in [-0.39, 0.29) is 23.1 Å². The van der Waals surface area contributed by atoms with E-state index in [0.717, 1.165) is 18.9 Å². The van der Waals surface area contributed by atoms with E-state index in [1.807, 2.05) is 0 Å². The second-order valence-electron chi connectivity index (χ2n) is 6.18. The summed E-state index contributed by atoms with van der Waals surface area (Å²) in [7, 11) is 0. The van der Waals surface area contributed by atoms with Crippen molar-refractivity contribution in [2.75, 3.05) is 0 Å². The predicted molar refractivity (Wildman–Crippen MR) is 81.6 cm³/mol. The van der Waals surface area contributed by atoms with Crippen molar-refractivity contribution in [1.29, 1.82) is 5.41 Å². The Balaban J connectivity index is 2.03. The maximum atomic E-state index is 12.4. The molecule has 1 aromatic rings. The van der Waals surface area contributed by atoms with Gasteiger partial charge in [-0.3, -0.25) is 10.2 Å². The van der Waals surface area contributed by atoms with Gasteiger partial charge in [0.15, 0.2) is 5.82 Å². The molecule has 0 unspecified atom stereocenters. The van der Waals surface area contributed by atoms with Crippen LogP contribution in [0.4, 0.5) is 0 Å². The average Bonchev–Trinajstić information content (AvgIpc) is 2.51. The van der Waals surface area contributed by atoms with Gasteiger partial charge in [0.25, 0.3) is 0 Å². The zero-order valence-corrected chi connectivity index (χ0v) is 12.7. The number of carbonyl (C=O) groups excluding carboxylic acids is 1. The molecule has 7 nitrogen and oxygen atoms in total. The molecular formula is C16H19N3O4. The Hall–Kier alpha value is -2.44. The number of carbonyl (C=O) groups is 1. The first-order valence-corrected chi connectivity index (χ1v) is 7.76. The van der Waals surface area contributed by atoms with Crippen LogP contribution < -0.4 is 0 Å². The van der Waals surface area contributed by atoms with Crippen molar-refractivity contribution in [3.05, 3.63) is 23.2 Å². The van der Waals surface area contributed by atoms with Crippen molar-refractivity contribution < 1.29 is 20.1 Å². The van der Waals surface area contributed by atoms with Crippen LogP contribution in [-0.2, 0) is 4.79 Å². The summed E-state index contributed by atoms with van der Waals surface area (Å²) >= 11 is 0. The van der Waals surface area contributed by atoms with E-state index in [4.69, 9.17) is 5.41 Å². The SMILES string of the molecule is N=C(C1=C(O)[C@]2(CCCCC2=O)CCC1)c1nc(O)cc(O)n1. The highest BCUT2D eigenvalue weighted by Gasteiger charge is 2.46. The molecule has 0 bridgehead atoms. The van der Waals surface area contributed by atoms with Crippen molar-refractivity contribution >= 4 is 11.5 Å². The summed E-state index contributed by atoms with van der Waals surface area (Å²) in [5, 5.41) is 37.9. The van der Waals surface area contributed by atoms with Crippen LogP contribution in [0.3, 0.4) is 0 Å². The number of hydrogen-bond donors (Lipinski definition) is 4. The molecule has 1 saturated carbocycles. The van der Waals surface area contributed by atoms with Gasteiger partial charge in [0.2, 0.25) is 11.8 Å². The fraction of sp³-hybridized carbons (Fsp3) is 0.500. The highest BCUT2D eigenvalue weighted by Crippen LogP contribution is 2.47. The summed E-state index contributed by atoms with van der Waals surface area (Å²) in [4.78, 5) is 19.9. The first kappa shape index (κ1) is 15.5.